The van der Waals surface area contributed by atoms with E-state index in [4.69, 9.17) is 12.2 Å². The van der Waals surface area contributed by atoms with Crippen LogP contribution in [0.5, 0.6) is 0 Å². The monoisotopic (exact) mass is 251 g/mol. The fourth-order valence-electron chi connectivity index (χ4n) is 1.46. The molecule has 2 N–H and O–H groups in total. The van der Waals surface area contributed by atoms with Gasteiger partial charge in [0.1, 0.15) is 0 Å². The van der Waals surface area contributed by atoms with E-state index in [9.17, 15) is 12.9 Å². The molecule has 6 heteroatoms. The first kappa shape index (κ1) is 16.1. The van der Waals surface area contributed by atoms with Crippen molar-refractivity contribution in [2.24, 2.45) is 0 Å². The maximum absolute atomic E-state index is 12.6. The summed E-state index contributed by atoms with van der Waals surface area (Å²) in [6.45, 7) is -3.62. The van der Waals surface area contributed by atoms with Crippen molar-refractivity contribution in [3.05, 3.63) is 23.3 Å². The van der Waals surface area contributed by atoms with Gasteiger partial charge in [0.05, 0.1) is 0 Å². The zero-order chi connectivity index (χ0) is 11.6. The fourth-order valence-corrected chi connectivity index (χ4v) is 1.46. The molecule has 1 nitrogen and oxygen atoms in total. The van der Waals surface area contributed by atoms with Crippen LogP contribution in [0.2, 0.25) is 0 Å². The van der Waals surface area contributed by atoms with Crippen molar-refractivity contribution in [3.63, 3.8) is 0 Å². The number of benzene rings is 1. The van der Waals surface area contributed by atoms with Crippen LogP contribution in [-0.2, 0) is 6.42 Å². The van der Waals surface area contributed by atoms with Gasteiger partial charge in [-0.05, 0) is 18.6 Å². The minimum absolute atomic E-state index is 0. The van der Waals surface area contributed by atoms with E-state index in [1.807, 2.05) is 0 Å². The second-order valence-electron chi connectivity index (χ2n) is 3.35. The number of hydrogen-bond donors (Lipinski definition) is 1. The van der Waals surface area contributed by atoms with Crippen LogP contribution in [0, 0.1) is 19.3 Å². The molecule has 0 atom stereocenters. The molecule has 0 bridgehead atoms. The quantitative estimate of drug-likeness (QED) is 0.399. The second-order valence-corrected chi connectivity index (χ2v) is 3.35. The number of hydrogen-bond acceptors (Lipinski definition) is 1. The van der Waals surface area contributed by atoms with Crippen molar-refractivity contribution < 1.29 is 64.3 Å². The molecule has 0 aliphatic heterocycles. The van der Waals surface area contributed by atoms with Gasteiger partial charge in [0.2, 0.25) is 0 Å². The Kier molecular flexibility index (Phi) is 6.15. The Morgan fingerprint density at radius 1 is 1.38 bits per heavy atom. The number of nitrogens with two attached hydrogens (primary N) is 1. The van der Waals surface area contributed by atoms with Gasteiger partial charge in [0, 0.05) is 12.1 Å². The summed E-state index contributed by atoms with van der Waals surface area (Å²) in [5.74, 6) is 2.31. The van der Waals surface area contributed by atoms with Gasteiger partial charge in [-0.2, -0.15) is 0 Å². The molecule has 0 aromatic heterocycles. The normalized spacial score (nSPS) is 10.4. The molecular weight excluding hydrogens is 241 g/mol. The Labute approximate surface area is 135 Å². The fraction of sp³-hybridized carbons (Fsp3) is 0.200. The van der Waals surface area contributed by atoms with Gasteiger partial charge in [0.25, 0.3) is 0 Å². The van der Waals surface area contributed by atoms with Crippen molar-refractivity contribution >= 4 is 18.1 Å². The number of terminal acetylenes is 1. The van der Waals surface area contributed by atoms with Crippen molar-refractivity contribution in [1.29, 1.82) is 0 Å². The molecule has 0 saturated heterocycles. The van der Waals surface area contributed by atoms with Crippen LogP contribution in [0.15, 0.2) is 12.1 Å². The standard InChI is InChI=1S/C10H10BF3N.K/c1-3-4-8-5-9(15)6-10(7(8)2)11(12,13)14;/h1,5-6H,4,15H2,2H3;/q-1;+1. The molecule has 0 saturated carbocycles. The summed E-state index contributed by atoms with van der Waals surface area (Å²) in [5.41, 5.74) is 5.48. The molecule has 80 valence electrons. The van der Waals surface area contributed by atoms with Gasteiger partial charge in [0.15, 0.2) is 0 Å². The van der Waals surface area contributed by atoms with E-state index in [-0.39, 0.29) is 69.1 Å². The van der Waals surface area contributed by atoms with Gasteiger partial charge in [-0.25, -0.2) is 0 Å². The van der Waals surface area contributed by atoms with Gasteiger partial charge in [-0.15, -0.1) is 17.8 Å². The Hall–Kier alpha value is 0.0713. The molecular formula is C10H10BF3KN. The van der Waals surface area contributed by atoms with Gasteiger partial charge < -0.3 is 18.7 Å². The van der Waals surface area contributed by atoms with Crippen molar-refractivity contribution in [3.8, 4) is 12.3 Å². The van der Waals surface area contributed by atoms with E-state index in [0.29, 0.717) is 5.56 Å². The summed E-state index contributed by atoms with van der Waals surface area (Å²) in [5, 5.41) is 0. The van der Waals surface area contributed by atoms with E-state index in [2.05, 4.69) is 5.92 Å². The third-order valence-corrected chi connectivity index (χ3v) is 2.22. The van der Waals surface area contributed by atoms with E-state index in [1.165, 1.54) is 13.0 Å². The average Bonchev–Trinajstić information content (AvgIpc) is 2.09. The predicted octanol–water partition coefficient (Wildman–Crippen LogP) is -1.19. The largest absolute Gasteiger partial charge is 1.00 e. The second kappa shape index (κ2) is 6.13. The first-order valence-electron chi connectivity index (χ1n) is 4.38. The molecule has 0 spiro atoms. The van der Waals surface area contributed by atoms with Crippen LogP contribution in [0.25, 0.3) is 0 Å². The molecule has 0 radical (unpaired) electrons. The number of rotatable bonds is 2. The molecule has 0 aliphatic carbocycles. The number of halogens is 3. The summed E-state index contributed by atoms with van der Waals surface area (Å²) in [6.07, 6.45) is 5.23. The van der Waals surface area contributed by atoms with Crippen molar-refractivity contribution in [2.75, 3.05) is 5.73 Å². The third kappa shape index (κ3) is 3.82. The molecule has 0 fully saturated rings. The van der Waals surface area contributed by atoms with E-state index in [1.54, 1.807) is 0 Å². The van der Waals surface area contributed by atoms with Gasteiger partial charge >= 0.3 is 58.4 Å². The smallest absolute Gasteiger partial charge is 0.445 e. The zero-order valence-electron chi connectivity index (χ0n) is 9.23. The summed E-state index contributed by atoms with van der Waals surface area (Å²) in [4.78, 5) is 0. The summed E-state index contributed by atoms with van der Waals surface area (Å²) >= 11 is 0. The molecule has 0 amide bonds. The zero-order valence-corrected chi connectivity index (χ0v) is 12.4. The molecule has 0 heterocycles. The molecule has 1 rings (SSSR count). The van der Waals surface area contributed by atoms with Crippen LogP contribution in [0.3, 0.4) is 0 Å². The van der Waals surface area contributed by atoms with Crippen molar-refractivity contribution in [2.45, 2.75) is 13.3 Å². The summed E-state index contributed by atoms with van der Waals surface area (Å²) in [7, 11) is 0. The minimum Gasteiger partial charge on any atom is -0.445 e. The van der Waals surface area contributed by atoms with Crippen LogP contribution in [0.4, 0.5) is 18.6 Å². The summed E-state index contributed by atoms with van der Waals surface area (Å²) < 4.78 is 37.8. The maximum atomic E-state index is 12.6. The van der Waals surface area contributed by atoms with E-state index < -0.39 is 12.4 Å². The Bertz CT molecular complexity index is 423. The summed E-state index contributed by atoms with van der Waals surface area (Å²) in [6, 6.07) is 2.44. The first-order valence-corrected chi connectivity index (χ1v) is 4.38. The topological polar surface area (TPSA) is 26.0 Å². The van der Waals surface area contributed by atoms with Gasteiger partial charge in [-0.3, -0.25) is 0 Å². The average molecular weight is 251 g/mol. The van der Waals surface area contributed by atoms with E-state index in [0.717, 1.165) is 6.07 Å². The predicted molar refractivity (Wildman–Crippen MR) is 56.8 cm³/mol. The molecule has 16 heavy (non-hydrogen) atoms. The van der Waals surface area contributed by atoms with E-state index >= 15 is 0 Å². The SMILES string of the molecule is C#CCc1cc(N)cc([B-](F)(F)F)c1C.[K+]. The Morgan fingerprint density at radius 2 is 1.94 bits per heavy atom. The molecule has 1 aromatic rings. The van der Waals surface area contributed by atoms with Crippen LogP contribution < -0.4 is 62.6 Å². The Morgan fingerprint density at radius 3 is 2.38 bits per heavy atom. The number of nitrogen functional groups attached to an aromatic ring is 1. The number of anilines is 1. The van der Waals surface area contributed by atoms with Crippen molar-refractivity contribution in [1.82, 2.24) is 0 Å². The minimum atomic E-state index is -5.03. The van der Waals surface area contributed by atoms with Gasteiger partial charge in [-0.1, -0.05) is 11.6 Å². The van der Waals surface area contributed by atoms with Crippen LogP contribution in [-0.4, -0.2) is 6.98 Å². The molecule has 0 aliphatic rings. The van der Waals surface area contributed by atoms with Crippen LogP contribution in [0.1, 0.15) is 11.1 Å². The first-order chi connectivity index (χ1) is 6.86. The maximum Gasteiger partial charge on any atom is 1.00 e. The van der Waals surface area contributed by atoms with Crippen LogP contribution >= 0.6 is 0 Å². The molecule has 0 unspecified atom stereocenters. The molecule has 1 aromatic carbocycles. The Balaban J connectivity index is 0.00000225. The third-order valence-electron chi connectivity index (χ3n) is 2.22.